The molecule has 0 aliphatic carbocycles. The van der Waals surface area contributed by atoms with E-state index in [2.05, 4.69) is 17.3 Å². The normalized spacial score (nSPS) is 16.1. The van der Waals surface area contributed by atoms with Crippen molar-refractivity contribution in [1.29, 1.82) is 0 Å². The maximum absolute atomic E-state index is 13.1. The monoisotopic (exact) mass is 418 g/mol. The van der Waals surface area contributed by atoms with Crippen LogP contribution in [0.1, 0.15) is 43.1 Å². The molecule has 1 aromatic heterocycles. The van der Waals surface area contributed by atoms with Crippen molar-refractivity contribution >= 4 is 21.6 Å². The molecule has 3 rings (SSSR count). The van der Waals surface area contributed by atoms with E-state index >= 15 is 0 Å². The van der Waals surface area contributed by atoms with Crippen LogP contribution in [0, 0.1) is 26.7 Å². The van der Waals surface area contributed by atoms with Gasteiger partial charge in [-0.2, -0.15) is 9.40 Å². The summed E-state index contributed by atoms with van der Waals surface area (Å²) in [4.78, 5) is 12.6. The zero-order valence-electron chi connectivity index (χ0n) is 17.6. The van der Waals surface area contributed by atoms with E-state index in [1.807, 2.05) is 31.2 Å². The number of hydrogen-bond acceptors (Lipinski definition) is 4. The molecule has 0 atom stereocenters. The van der Waals surface area contributed by atoms with Crippen molar-refractivity contribution in [2.24, 2.45) is 5.92 Å². The summed E-state index contributed by atoms with van der Waals surface area (Å²) >= 11 is 0. The van der Waals surface area contributed by atoms with Crippen LogP contribution in [0.4, 0.5) is 5.69 Å². The summed E-state index contributed by atoms with van der Waals surface area (Å²) in [6.07, 6.45) is 1.98. The van der Waals surface area contributed by atoms with Crippen LogP contribution in [0.2, 0.25) is 0 Å². The Morgan fingerprint density at radius 3 is 2.38 bits per heavy atom. The van der Waals surface area contributed by atoms with Crippen molar-refractivity contribution in [3.63, 3.8) is 0 Å². The molecule has 1 fully saturated rings. The van der Waals surface area contributed by atoms with Gasteiger partial charge in [0.1, 0.15) is 4.90 Å². The zero-order valence-corrected chi connectivity index (χ0v) is 18.4. The molecule has 2 heterocycles. The molecule has 29 heavy (non-hydrogen) atoms. The number of carbonyl (C=O) groups is 1. The molecule has 1 aliphatic heterocycles. The van der Waals surface area contributed by atoms with Gasteiger partial charge in [0.25, 0.3) is 0 Å². The molecule has 1 saturated heterocycles. The quantitative estimate of drug-likeness (QED) is 0.780. The fraction of sp³-hybridized carbons (Fsp3) is 0.524. The number of anilines is 1. The number of carbonyl (C=O) groups excluding carboxylic acids is 1. The fourth-order valence-corrected chi connectivity index (χ4v) is 5.54. The first kappa shape index (κ1) is 21.5. The van der Waals surface area contributed by atoms with Crippen LogP contribution >= 0.6 is 0 Å². The number of amides is 1. The Hall–Kier alpha value is -2.19. The van der Waals surface area contributed by atoms with Crippen LogP contribution in [-0.2, 0) is 21.4 Å². The highest BCUT2D eigenvalue weighted by atomic mass is 32.2. The van der Waals surface area contributed by atoms with Gasteiger partial charge in [0, 0.05) is 25.2 Å². The molecule has 7 nitrogen and oxygen atoms in total. The minimum absolute atomic E-state index is 0.129. The molecule has 1 aliphatic rings. The lowest BCUT2D eigenvalue weighted by Gasteiger charge is -2.29. The van der Waals surface area contributed by atoms with Crippen LogP contribution in [-0.4, -0.2) is 41.5 Å². The molecule has 0 unspecified atom stereocenters. The van der Waals surface area contributed by atoms with E-state index in [0.717, 1.165) is 24.1 Å². The van der Waals surface area contributed by atoms with Crippen molar-refractivity contribution in [3.05, 3.63) is 41.2 Å². The lowest BCUT2D eigenvalue weighted by molar-refractivity contribution is -0.116. The van der Waals surface area contributed by atoms with E-state index in [1.165, 1.54) is 0 Å². The Bertz CT molecular complexity index is 972. The number of aryl methyl sites for hydroxylation is 3. The Morgan fingerprint density at radius 1 is 1.14 bits per heavy atom. The van der Waals surface area contributed by atoms with E-state index in [0.29, 0.717) is 36.9 Å². The van der Waals surface area contributed by atoms with Gasteiger partial charge in [0.05, 0.1) is 17.9 Å². The topological polar surface area (TPSA) is 84.3 Å². The third kappa shape index (κ3) is 4.87. The maximum atomic E-state index is 13.1. The number of nitrogens with zero attached hydrogens (tertiary/aromatic N) is 3. The molecule has 0 bridgehead atoms. The fourth-order valence-electron chi connectivity index (χ4n) is 3.69. The second kappa shape index (κ2) is 8.67. The number of hydrogen-bond donors (Lipinski definition) is 1. The SMILES string of the molecule is Cc1ccc(NC(=O)CCn2nc(C)c(S(=O)(=O)N3CCC(C)CC3)c2C)cc1. The van der Waals surface area contributed by atoms with Gasteiger partial charge in [0.2, 0.25) is 15.9 Å². The van der Waals surface area contributed by atoms with E-state index in [9.17, 15) is 13.2 Å². The largest absolute Gasteiger partial charge is 0.326 e. The summed E-state index contributed by atoms with van der Waals surface area (Å²) < 4.78 is 29.5. The minimum Gasteiger partial charge on any atom is -0.326 e. The van der Waals surface area contributed by atoms with Crippen molar-refractivity contribution < 1.29 is 13.2 Å². The van der Waals surface area contributed by atoms with Gasteiger partial charge in [-0.1, -0.05) is 24.6 Å². The average molecular weight is 419 g/mol. The lowest BCUT2D eigenvalue weighted by atomic mass is 10.0. The summed E-state index contributed by atoms with van der Waals surface area (Å²) in [6.45, 7) is 9.05. The second-order valence-corrected chi connectivity index (χ2v) is 9.85. The summed E-state index contributed by atoms with van der Waals surface area (Å²) in [7, 11) is -3.57. The Labute approximate surface area is 173 Å². The van der Waals surface area contributed by atoms with Gasteiger partial charge in [-0.15, -0.1) is 0 Å². The van der Waals surface area contributed by atoms with Gasteiger partial charge in [0.15, 0.2) is 0 Å². The molecule has 8 heteroatoms. The van der Waals surface area contributed by atoms with E-state index in [-0.39, 0.29) is 17.2 Å². The average Bonchev–Trinajstić information content (AvgIpc) is 2.96. The number of aromatic nitrogens is 2. The summed E-state index contributed by atoms with van der Waals surface area (Å²) in [5, 5.41) is 7.27. The predicted molar refractivity (Wildman–Crippen MR) is 113 cm³/mol. The molecular weight excluding hydrogens is 388 g/mol. The van der Waals surface area contributed by atoms with Gasteiger partial charge in [-0.3, -0.25) is 9.48 Å². The highest BCUT2D eigenvalue weighted by Gasteiger charge is 2.32. The highest BCUT2D eigenvalue weighted by Crippen LogP contribution is 2.27. The van der Waals surface area contributed by atoms with Crippen LogP contribution < -0.4 is 5.32 Å². The Kier molecular flexibility index (Phi) is 6.43. The Balaban J connectivity index is 1.69. The predicted octanol–water partition coefficient (Wildman–Crippen LogP) is 3.26. The molecule has 158 valence electrons. The molecular formula is C21H30N4O3S. The Morgan fingerprint density at radius 2 is 1.76 bits per heavy atom. The van der Waals surface area contributed by atoms with Gasteiger partial charge in [-0.05, 0) is 51.7 Å². The third-order valence-electron chi connectivity index (χ3n) is 5.54. The minimum atomic E-state index is -3.57. The number of nitrogens with one attached hydrogen (secondary N) is 1. The van der Waals surface area contributed by atoms with E-state index in [1.54, 1.807) is 22.8 Å². The molecule has 0 radical (unpaired) electrons. The molecule has 2 aromatic rings. The van der Waals surface area contributed by atoms with E-state index in [4.69, 9.17) is 0 Å². The summed E-state index contributed by atoms with van der Waals surface area (Å²) in [6, 6.07) is 7.60. The second-order valence-electron chi connectivity index (χ2n) is 7.97. The van der Waals surface area contributed by atoms with Gasteiger partial charge < -0.3 is 5.32 Å². The summed E-state index contributed by atoms with van der Waals surface area (Å²) in [5.74, 6) is 0.425. The molecule has 1 amide bonds. The summed E-state index contributed by atoms with van der Waals surface area (Å²) in [5.41, 5.74) is 2.95. The van der Waals surface area contributed by atoms with Crippen molar-refractivity contribution in [2.75, 3.05) is 18.4 Å². The molecule has 0 saturated carbocycles. The number of rotatable bonds is 6. The first-order valence-electron chi connectivity index (χ1n) is 10.1. The van der Waals surface area contributed by atoms with Gasteiger partial charge in [-0.25, -0.2) is 8.42 Å². The van der Waals surface area contributed by atoms with Crippen molar-refractivity contribution in [1.82, 2.24) is 14.1 Å². The van der Waals surface area contributed by atoms with Crippen molar-refractivity contribution in [2.45, 2.75) is 58.4 Å². The van der Waals surface area contributed by atoms with Crippen LogP contribution in [0.15, 0.2) is 29.2 Å². The van der Waals surface area contributed by atoms with Crippen LogP contribution in [0.3, 0.4) is 0 Å². The number of piperidine rings is 1. The zero-order chi connectivity index (χ0) is 21.2. The third-order valence-corrected chi connectivity index (χ3v) is 7.69. The number of sulfonamides is 1. The first-order chi connectivity index (χ1) is 13.7. The van der Waals surface area contributed by atoms with Gasteiger partial charge >= 0.3 is 0 Å². The van der Waals surface area contributed by atoms with Crippen LogP contribution in [0.5, 0.6) is 0 Å². The van der Waals surface area contributed by atoms with Crippen molar-refractivity contribution in [3.8, 4) is 0 Å². The van der Waals surface area contributed by atoms with Crippen LogP contribution in [0.25, 0.3) is 0 Å². The highest BCUT2D eigenvalue weighted by molar-refractivity contribution is 7.89. The van der Waals surface area contributed by atoms with E-state index < -0.39 is 10.0 Å². The smallest absolute Gasteiger partial charge is 0.246 e. The number of benzene rings is 1. The lowest BCUT2D eigenvalue weighted by Crippen LogP contribution is -2.38. The molecule has 1 N–H and O–H groups in total. The molecule has 1 aromatic carbocycles. The standard InChI is InChI=1S/C21H30N4O3S/c1-15-5-7-19(8-6-15)22-20(26)11-14-25-18(4)21(17(3)23-25)29(27,28)24-12-9-16(2)10-13-24/h5-8,16H,9-14H2,1-4H3,(H,22,26). The maximum Gasteiger partial charge on any atom is 0.246 e. The first-order valence-corrected chi connectivity index (χ1v) is 11.5. The molecule has 0 spiro atoms.